The molecule has 0 aliphatic carbocycles. The molecule has 0 bridgehead atoms. The van der Waals surface area contributed by atoms with Crippen LogP contribution in [0.5, 0.6) is 0 Å². The van der Waals surface area contributed by atoms with Crippen molar-refractivity contribution in [1.82, 2.24) is 0 Å². The zero-order valence-corrected chi connectivity index (χ0v) is 27.2. The van der Waals surface area contributed by atoms with E-state index in [9.17, 15) is 0 Å². The topological polar surface area (TPSA) is 138 Å². The Labute approximate surface area is 263 Å². The van der Waals surface area contributed by atoms with Gasteiger partial charge in [-0.2, -0.15) is 0 Å². The summed E-state index contributed by atoms with van der Waals surface area (Å²) in [5, 5.41) is 0. The lowest BCUT2D eigenvalue weighted by Crippen LogP contribution is -2.24. The maximum atomic E-state index is 5.65. The van der Waals surface area contributed by atoms with Gasteiger partial charge in [-0.3, -0.25) is 0 Å². The summed E-state index contributed by atoms with van der Waals surface area (Å²) in [6.07, 6.45) is -0.0546. The summed E-state index contributed by atoms with van der Waals surface area (Å²) in [5.41, 5.74) is 0. The van der Waals surface area contributed by atoms with Gasteiger partial charge in [-0.25, -0.2) is 0 Å². The molecule has 1 unspecified atom stereocenters. The third-order valence-corrected chi connectivity index (χ3v) is 5.46. The van der Waals surface area contributed by atoms with Crippen LogP contribution in [0.1, 0.15) is 13.8 Å². The Morgan fingerprint density at radius 3 is 1.00 bits per heavy atom. The molecule has 1 fully saturated rings. The van der Waals surface area contributed by atoms with Crippen molar-refractivity contribution in [3.63, 3.8) is 0 Å². The Balaban J connectivity index is 1.61. The van der Waals surface area contributed by atoms with Crippen LogP contribution in [0.2, 0.25) is 0 Å². The molecule has 0 aromatic carbocycles. The monoisotopic (exact) mass is 646 g/mol. The summed E-state index contributed by atoms with van der Waals surface area (Å²) in [6, 6.07) is 0. The maximum absolute atomic E-state index is 5.65. The van der Waals surface area contributed by atoms with Gasteiger partial charge in [0.1, 0.15) is 19.7 Å². The average molecular weight is 647 g/mol. The molecule has 1 aliphatic rings. The lowest BCUT2D eigenvalue weighted by atomic mass is 10.4. The van der Waals surface area contributed by atoms with Gasteiger partial charge in [0.05, 0.1) is 145 Å². The number of ether oxygens (including phenoxy) is 15. The summed E-state index contributed by atoms with van der Waals surface area (Å²) < 4.78 is 80.8. The van der Waals surface area contributed by atoms with Crippen LogP contribution in [0.15, 0.2) is 0 Å². The zero-order chi connectivity index (χ0) is 31.7. The molecular weight excluding hydrogens is 588 g/mol. The van der Waals surface area contributed by atoms with Crippen molar-refractivity contribution in [2.75, 3.05) is 166 Å². The minimum atomic E-state index is -0.535. The highest BCUT2D eigenvalue weighted by Gasteiger charge is 2.32. The van der Waals surface area contributed by atoms with Gasteiger partial charge in [-0.05, 0) is 13.8 Å². The standard InChI is InChI=1S/C29H58O15/c1-29(2)43-25-28(44-29)24-42-27-41-23-21-39-19-17-37-15-13-35-11-9-33-7-5-31-4-6-32-8-10-34-12-14-36-16-18-38-20-22-40-26-30-3/h28H,4-27H2,1-3H3. The number of hydrogen-bond acceptors (Lipinski definition) is 15. The first kappa shape index (κ1) is 41.4. The van der Waals surface area contributed by atoms with E-state index in [2.05, 4.69) is 0 Å². The van der Waals surface area contributed by atoms with Crippen LogP contribution in [-0.2, 0) is 71.1 Å². The molecule has 0 N–H and O–H groups in total. The molecule has 0 spiro atoms. The summed E-state index contributed by atoms with van der Waals surface area (Å²) in [5.74, 6) is -0.535. The molecule has 1 saturated heterocycles. The Hall–Kier alpha value is -0.600. The highest BCUT2D eigenvalue weighted by molar-refractivity contribution is 4.69. The predicted octanol–water partition coefficient (Wildman–Crippen LogP) is 0.899. The lowest BCUT2D eigenvalue weighted by molar-refractivity contribution is -0.153. The van der Waals surface area contributed by atoms with Crippen molar-refractivity contribution in [2.45, 2.75) is 25.7 Å². The van der Waals surface area contributed by atoms with E-state index < -0.39 is 5.79 Å². The van der Waals surface area contributed by atoms with Crippen LogP contribution < -0.4 is 0 Å². The molecule has 1 heterocycles. The molecule has 0 radical (unpaired) electrons. The van der Waals surface area contributed by atoms with Gasteiger partial charge in [0, 0.05) is 7.11 Å². The molecular formula is C29H58O15. The van der Waals surface area contributed by atoms with Gasteiger partial charge in [0.2, 0.25) is 0 Å². The van der Waals surface area contributed by atoms with E-state index in [-0.39, 0.29) is 19.7 Å². The van der Waals surface area contributed by atoms with Gasteiger partial charge < -0.3 is 71.1 Å². The SMILES string of the molecule is COCOCCOCCOCCOCCOCCOCCOCCOCCOCCOCCOCOCC1COC(C)(C)O1. The van der Waals surface area contributed by atoms with E-state index in [0.29, 0.717) is 145 Å². The zero-order valence-electron chi connectivity index (χ0n) is 27.2. The predicted molar refractivity (Wildman–Crippen MR) is 157 cm³/mol. The second-order valence-electron chi connectivity index (χ2n) is 9.67. The molecule has 264 valence electrons. The van der Waals surface area contributed by atoms with Crippen molar-refractivity contribution in [2.24, 2.45) is 0 Å². The van der Waals surface area contributed by atoms with E-state index in [0.717, 1.165) is 0 Å². The summed E-state index contributed by atoms with van der Waals surface area (Å²) in [6.45, 7) is 15.3. The van der Waals surface area contributed by atoms with Crippen LogP contribution in [0.4, 0.5) is 0 Å². The van der Waals surface area contributed by atoms with Crippen molar-refractivity contribution in [3.8, 4) is 0 Å². The smallest absolute Gasteiger partial charge is 0.163 e. The van der Waals surface area contributed by atoms with Crippen molar-refractivity contribution in [3.05, 3.63) is 0 Å². The number of methoxy groups -OCH3 is 1. The third-order valence-electron chi connectivity index (χ3n) is 5.46. The average Bonchev–Trinajstić information content (AvgIpc) is 3.37. The van der Waals surface area contributed by atoms with Crippen molar-refractivity contribution >= 4 is 0 Å². The molecule has 1 atom stereocenters. The first-order valence-electron chi connectivity index (χ1n) is 15.4. The van der Waals surface area contributed by atoms with Crippen LogP contribution >= 0.6 is 0 Å². The molecule has 44 heavy (non-hydrogen) atoms. The van der Waals surface area contributed by atoms with E-state index in [1.807, 2.05) is 13.8 Å². The minimum absolute atomic E-state index is 0.0546. The van der Waals surface area contributed by atoms with E-state index in [1.54, 1.807) is 7.11 Å². The molecule has 0 aromatic rings. The van der Waals surface area contributed by atoms with Gasteiger partial charge in [-0.1, -0.05) is 0 Å². The molecule has 0 saturated carbocycles. The van der Waals surface area contributed by atoms with E-state index in [4.69, 9.17) is 71.1 Å². The molecule has 0 aromatic heterocycles. The lowest BCUT2D eigenvalue weighted by Gasteiger charge is -2.17. The summed E-state index contributed by atoms with van der Waals surface area (Å²) in [4.78, 5) is 0. The van der Waals surface area contributed by atoms with Gasteiger partial charge in [-0.15, -0.1) is 0 Å². The minimum Gasteiger partial charge on any atom is -0.377 e. The number of hydrogen-bond donors (Lipinski definition) is 0. The molecule has 0 amide bonds. The highest BCUT2D eigenvalue weighted by Crippen LogP contribution is 2.22. The van der Waals surface area contributed by atoms with Crippen LogP contribution in [0.3, 0.4) is 0 Å². The fraction of sp³-hybridized carbons (Fsp3) is 1.00. The van der Waals surface area contributed by atoms with Gasteiger partial charge >= 0.3 is 0 Å². The fourth-order valence-electron chi connectivity index (χ4n) is 3.38. The second-order valence-corrected chi connectivity index (χ2v) is 9.67. The van der Waals surface area contributed by atoms with Crippen molar-refractivity contribution < 1.29 is 71.1 Å². The Bertz CT molecular complexity index is 573. The largest absolute Gasteiger partial charge is 0.377 e. The normalized spacial score (nSPS) is 16.3. The Morgan fingerprint density at radius 2 is 0.727 bits per heavy atom. The first-order chi connectivity index (χ1) is 21.6. The van der Waals surface area contributed by atoms with E-state index in [1.165, 1.54) is 0 Å². The Kier molecular flexibility index (Phi) is 30.5. The quantitative estimate of drug-likeness (QED) is 0.0703. The van der Waals surface area contributed by atoms with E-state index >= 15 is 0 Å². The van der Waals surface area contributed by atoms with Gasteiger partial charge in [0.25, 0.3) is 0 Å². The summed E-state index contributed by atoms with van der Waals surface area (Å²) >= 11 is 0. The maximum Gasteiger partial charge on any atom is 0.163 e. The Morgan fingerprint density at radius 1 is 0.432 bits per heavy atom. The number of rotatable bonds is 36. The fourth-order valence-corrected chi connectivity index (χ4v) is 3.38. The van der Waals surface area contributed by atoms with Crippen LogP contribution in [0, 0.1) is 0 Å². The molecule has 15 nitrogen and oxygen atoms in total. The molecule has 1 rings (SSSR count). The van der Waals surface area contributed by atoms with Gasteiger partial charge in [0.15, 0.2) is 5.79 Å². The molecule has 1 aliphatic heterocycles. The second kappa shape index (κ2) is 32.3. The first-order valence-corrected chi connectivity index (χ1v) is 15.4. The van der Waals surface area contributed by atoms with Crippen LogP contribution in [0.25, 0.3) is 0 Å². The molecule has 15 heteroatoms. The summed E-state index contributed by atoms with van der Waals surface area (Å²) in [7, 11) is 1.58. The highest BCUT2D eigenvalue weighted by atomic mass is 16.8. The third kappa shape index (κ3) is 30.1. The van der Waals surface area contributed by atoms with Crippen LogP contribution in [-0.4, -0.2) is 178 Å². The van der Waals surface area contributed by atoms with Crippen molar-refractivity contribution in [1.29, 1.82) is 0 Å².